The van der Waals surface area contributed by atoms with Crippen molar-refractivity contribution >= 4 is 34.4 Å². The molecule has 0 aliphatic carbocycles. The zero-order valence-electron chi connectivity index (χ0n) is 17.2. The molecule has 10 heteroatoms. The van der Waals surface area contributed by atoms with Gasteiger partial charge in [-0.05, 0) is 50.6 Å². The van der Waals surface area contributed by atoms with Crippen LogP contribution in [0.15, 0.2) is 18.2 Å². The molecule has 30 heavy (non-hydrogen) atoms. The van der Waals surface area contributed by atoms with E-state index in [4.69, 9.17) is 36.1 Å². The van der Waals surface area contributed by atoms with E-state index in [0.29, 0.717) is 5.15 Å². The molecular weight excluding hydrogens is 412 g/mol. The van der Waals surface area contributed by atoms with Crippen LogP contribution in [0.2, 0.25) is 5.15 Å². The highest BCUT2D eigenvalue weighted by atomic mass is 35.5. The number of aromatic nitrogens is 3. The molecule has 2 heterocycles. The number of rotatable bonds is 6. The summed E-state index contributed by atoms with van der Waals surface area (Å²) in [5.41, 5.74) is 5.72. The summed E-state index contributed by atoms with van der Waals surface area (Å²) in [6, 6.07) is 6.14. The maximum Gasteiger partial charge on any atom is 0.414 e. The van der Waals surface area contributed by atoms with E-state index in [1.54, 1.807) is 11.8 Å². The molecule has 0 unspecified atom stereocenters. The average Bonchev–Trinajstić information content (AvgIpc) is 3.14. The molecule has 0 spiro atoms. The SMILES string of the molecule is COc1ccc2[nH]c(C)c(CCNCc3c(C)nn(C)c3Cl)c2c1.O=C(O)C(=O)O. The lowest BCUT2D eigenvalue weighted by atomic mass is 10.1. The molecule has 0 aliphatic heterocycles. The van der Waals surface area contributed by atoms with Crippen LogP contribution in [-0.2, 0) is 29.6 Å². The Morgan fingerprint density at radius 3 is 2.43 bits per heavy atom. The van der Waals surface area contributed by atoms with Gasteiger partial charge in [0.15, 0.2) is 0 Å². The third kappa shape index (κ3) is 5.52. The Hall–Kier alpha value is -3.04. The number of aromatic amines is 1. The van der Waals surface area contributed by atoms with Gasteiger partial charge in [0, 0.05) is 35.8 Å². The standard InChI is InChI=1S/C18H23ClN4O.C2H2O4/c1-11-14(15-9-13(24-4)5-6-17(15)21-11)7-8-20-10-16-12(2)22-23(3)18(16)19;3-1(4)2(5)6/h5-6,9,20-21H,7-8,10H2,1-4H3;(H,3,4)(H,5,6). The van der Waals surface area contributed by atoms with Crippen molar-refractivity contribution in [3.05, 3.63) is 45.9 Å². The van der Waals surface area contributed by atoms with Crippen molar-refractivity contribution < 1.29 is 24.5 Å². The minimum Gasteiger partial charge on any atom is -0.497 e. The van der Waals surface area contributed by atoms with E-state index >= 15 is 0 Å². The van der Waals surface area contributed by atoms with Gasteiger partial charge in [-0.1, -0.05) is 11.6 Å². The number of hydrogen-bond acceptors (Lipinski definition) is 5. The third-order valence-corrected chi connectivity index (χ3v) is 5.11. The summed E-state index contributed by atoms with van der Waals surface area (Å²) in [6.07, 6.45) is 0.940. The molecule has 3 rings (SSSR count). The zero-order valence-corrected chi connectivity index (χ0v) is 18.0. The predicted molar refractivity (Wildman–Crippen MR) is 113 cm³/mol. The van der Waals surface area contributed by atoms with Crippen LogP contribution in [0.3, 0.4) is 0 Å². The number of H-pyrrole nitrogens is 1. The smallest absolute Gasteiger partial charge is 0.414 e. The maximum atomic E-state index is 9.10. The number of carboxylic acid groups (broad SMARTS) is 2. The van der Waals surface area contributed by atoms with Gasteiger partial charge in [-0.25, -0.2) is 9.59 Å². The topological polar surface area (TPSA) is 129 Å². The molecule has 0 atom stereocenters. The van der Waals surface area contributed by atoms with Crippen molar-refractivity contribution in [2.45, 2.75) is 26.8 Å². The lowest BCUT2D eigenvalue weighted by Gasteiger charge is -2.06. The molecule has 9 nitrogen and oxygen atoms in total. The Bertz CT molecular complexity index is 1050. The monoisotopic (exact) mass is 436 g/mol. The van der Waals surface area contributed by atoms with Crippen molar-refractivity contribution in [2.75, 3.05) is 13.7 Å². The van der Waals surface area contributed by atoms with E-state index in [0.717, 1.165) is 42.0 Å². The molecule has 0 bridgehead atoms. The van der Waals surface area contributed by atoms with E-state index in [9.17, 15) is 0 Å². The molecule has 3 aromatic rings. The fourth-order valence-electron chi connectivity index (χ4n) is 3.11. The van der Waals surface area contributed by atoms with Gasteiger partial charge in [0.25, 0.3) is 0 Å². The summed E-state index contributed by atoms with van der Waals surface area (Å²) in [6.45, 7) is 5.70. The molecular formula is C20H25ClN4O5. The van der Waals surface area contributed by atoms with Crippen molar-refractivity contribution in [1.29, 1.82) is 0 Å². The highest BCUT2D eigenvalue weighted by Gasteiger charge is 2.12. The number of methoxy groups -OCH3 is 1. The van der Waals surface area contributed by atoms with E-state index < -0.39 is 11.9 Å². The van der Waals surface area contributed by atoms with Crippen LogP contribution in [0, 0.1) is 13.8 Å². The summed E-state index contributed by atoms with van der Waals surface area (Å²) in [5, 5.41) is 24.5. The Labute approximate surface area is 178 Å². The largest absolute Gasteiger partial charge is 0.497 e. The van der Waals surface area contributed by atoms with Crippen LogP contribution in [-0.4, -0.2) is 50.6 Å². The first-order valence-corrected chi connectivity index (χ1v) is 9.53. The zero-order chi connectivity index (χ0) is 22.4. The van der Waals surface area contributed by atoms with Crippen molar-refractivity contribution in [2.24, 2.45) is 7.05 Å². The van der Waals surface area contributed by atoms with Crippen molar-refractivity contribution in [3.63, 3.8) is 0 Å². The first-order valence-electron chi connectivity index (χ1n) is 9.15. The fourth-order valence-corrected chi connectivity index (χ4v) is 3.35. The number of carboxylic acids is 2. The summed E-state index contributed by atoms with van der Waals surface area (Å²) in [5.74, 6) is -2.77. The molecule has 0 aliphatic rings. The first kappa shape index (κ1) is 23.2. The molecule has 0 saturated carbocycles. The lowest BCUT2D eigenvalue weighted by Crippen LogP contribution is -2.17. The highest BCUT2D eigenvalue weighted by molar-refractivity contribution is 6.30. The van der Waals surface area contributed by atoms with E-state index in [-0.39, 0.29) is 0 Å². The third-order valence-electron chi connectivity index (χ3n) is 4.63. The molecule has 2 aromatic heterocycles. The molecule has 0 fully saturated rings. The number of ether oxygens (including phenoxy) is 1. The first-order chi connectivity index (χ1) is 14.1. The number of carbonyl (C=O) groups is 2. The van der Waals surface area contributed by atoms with Gasteiger partial charge in [0.05, 0.1) is 12.8 Å². The summed E-state index contributed by atoms with van der Waals surface area (Å²) in [4.78, 5) is 21.6. The van der Waals surface area contributed by atoms with Gasteiger partial charge in [-0.2, -0.15) is 5.10 Å². The number of fused-ring (bicyclic) bond motifs is 1. The van der Waals surface area contributed by atoms with E-state index in [1.165, 1.54) is 16.6 Å². The normalized spacial score (nSPS) is 10.6. The number of aliphatic carboxylic acids is 2. The summed E-state index contributed by atoms with van der Waals surface area (Å²) in [7, 11) is 3.56. The number of hydrogen-bond donors (Lipinski definition) is 4. The van der Waals surface area contributed by atoms with Crippen LogP contribution in [0.1, 0.15) is 22.5 Å². The lowest BCUT2D eigenvalue weighted by molar-refractivity contribution is -0.159. The second-order valence-electron chi connectivity index (χ2n) is 6.66. The van der Waals surface area contributed by atoms with Gasteiger partial charge in [0.1, 0.15) is 10.9 Å². The predicted octanol–water partition coefficient (Wildman–Crippen LogP) is 2.67. The van der Waals surface area contributed by atoms with Crippen molar-refractivity contribution in [1.82, 2.24) is 20.1 Å². The Kier molecular flexibility index (Phi) is 7.85. The average molecular weight is 437 g/mol. The quantitative estimate of drug-likeness (QED) is 0.345. The second kappa shape index (κ2) is 10.1. The van der Waals surface area contributed by atoms with Crippen LogP contribution in [0.4, 0.5) is 0 Å². The summed E-state index contributed by atoms with van der Waals surface area (Å²) < 4.78 is 7.06. The van der Waals surface area contributed by atoms with Crippen LogP contribution >= 0.6 is 11.6 Å². The second-order valence-corrected chi connectivity index (χ2v) is 7.01. The number of halogens is 1. The van der Waals surface area contributed by atoms with Gasteiger partial charge in [-0.3, -0.25) is 4.68 Å². The number of aryl methyl sites for hydroxylation is 3. The molecule has 162 valence electrons. The minimum absolute atomic E-state index is 0.702. The molecule has 1 aromatic carbocycles. The van der Waals surface area contributed by atoms with E-state index in [1.807, 2.05) is 20.0 Å². The van der Waals surface area contributed by atoms with Crippen LogP contribution in [0.5, 0.6) is 5.75 Å². The van der Waals surface area contributed by atoms with Gasteiger partial charge in [-0.15, -0.1) is 0 Å². The van der Waals surface area contributed by atoms with Gasteiger partial charge in [0.2, 0.25) is 0 Å². The Morgan fingerprint density at radius 2 is 1.90 bits per heavy atom. The molecule has 4 N–H and O–H groups in total. The van der Waals surface area contributed by atoms with Crippen LogP contribution in [0.25, 0.3) is 10.9 Å². The highest BCUT2D eigenvalue weighted by Crippen LogP contribution is 2.26. The molecule has 0 amide bonds. The van der Waals surface area contributed by atoms with Crippen LogP contribution < -0.4 is 10.1 Å². The number of benzene rings is 1. The Morgan fingerprint density at radius 1 is 1.23 bits per heavy atom. The van der Waals surface area contributed by atoms with Gasteiger partial charge >= 0.3 is 11.9 Å². The number of nitrogens with one attached hydrogen (secondary N) is 2. The van der Waals surface area contributed by atoms with E-state index in [2.05, 4.69) is 34.5 Å². The molecule has 0 radical (unpaired) electrons. The fraction of sp³-hybridized carbons (Fsp3) is 0.350. The number of nitrogens with zero attached hydrogens (tertiary/aromatic N) is 2. The van der Waals surface area contributed by atoms with Gasteiger partial charge < -0.3 is 25.3 Å². The maximum absolute atomic E-state index is 9.10. The minimum atomic E-state index is -1.82. The summed E-state index contributed by atoms with van der Waals surface area (Å²) >= 11 is 6.27. The van der Waals surface area contributed by atoms with Crippen molar-refractivity contribution in [3.8, 4) is 5.75 Å². The Balaban J connectivity index is 0.000000469. The molecule has 0 saturated heterocycles.